The summed E-state index contributed by atoms with van der Waals surface area (Å²) in [5, 5.41) is 7.99. The van der Waals surface area contributed by atoms with Crippen LogP contribution in [0.4, 0.5) is 4.39 Å². The van der Waals surface area contributed by atoms with E-state index in [-0.39, 0.29) is 34.4 Å². The van der Waals surface area contributed by atoms with Crippen LogP contribution in [-0.2, 0) is 16.0 Å². The van der Waals surface area contributed by atoms with Gasteiger partial charge in [-0.05, 0) is 86.2 Å². The second-order valence-corrected chi connectivity index (χ2v) is 15.9. The number of nitrogens with zero attached hydrogens (tertiary/aromatic N) is 6. The van der Waals surface area contributed by atoms with Crippen molar-refractivity contribution in [1.82, 2.24) is 34.7 Å². The van der Waals surface area contributed by atoms with E-state index in [1.165, 1.54) is 6.07 Å². The fourth-order valence-electron chi connectivity index (χ4n) is 9.19. The standard InChI is InChI=1S/C39H49FN8O4/c40-32-6-5-27(20-33-29-3-1-2-4-30(29)36(50)43-42-33)19-31(32)37(51)47-17-15-46(16-18-47)34(49)25-44-9-7-26(8-10-44)24-45-11-13-48(14-12-45)38(52)35(41)39-21-28(22-39)23-39/h1-6,19,26,28,35H,7-18,20-25,41H2,(H,43,50)/t28?,35-,39?/m0/s1. The maximum Gasteiger partial charge on any atom is 0.272 e. The Labute approximate surface area is 303 Å². The Hall–Kier alpha value is -4.20. The second kappa shape index (κ2) is 14.3. The van der Waals surface area contributed by atoms with Crippen molar-refractivity contribution in [2.45, 2.75) is 44.6 Å². The summed E-state index contributed by atoms with van der Waals surface area (Å²) < 4.78 is 15.0. The Bertz CT molecular complexity index is 1880. The van der Waals surface area contributed by atoms with Gasteiger partial charge in [-0.25, -0.2) is 9.49 Å². The van der Waals surface area contributed by atoms with Gasteiger partial charge in [0, 0.05) is 70.7 Å². The molecule has 3 saturated heterocycles. The number of fused-ring (bicyclic) bond motifs is 1. The number of halogens is 1. The summed E-state index contributed by atoms with van der Waals surface area (Å²) in [4.78, 5) is 62.1. The molecule has 3 amide bonds. The van der Waals surface area contributed by atoms with Crippen molar-refractivity contribution in [2.75, 3.05) is 78.5 Å². The van der Waals surface area contributed by atoms with Gasteiger partial charge in [0.15, 0.2) is 0 Å². The van der Waals surface area contributed by atoms with Crippen molar-refractivity contribution in [1.29, 1.82) is 0 Å². The molecule has 12 nitrogen and oxygen atoms in total. The molecular weight excluding hydrogens is 663 g/mol. The Morgan fingerprint density at radius 2 is 1.50 bits per heavy atom. The number of aromatic nitrogens is 2. The second-order valence-electron chi connectivity index (χ2n) is 15.9. The molecule has 0 unspecified atom stereocenters. The molecule has 3 N–H and O–H groups in total. The molecule has 0 spiro atoms. The Morgan fingerprint density at radius 3 is 2.17 bits per heavy atom. The van der Waals surface area contributed by atoms with Gasteiger partial charge in [0.1, 0.15) is 5.82 Å². The number of benzene rings is 2. The number of carbonyl (C=O) groups is 3. The summed E-state index contributed by atoms with van der Waals surface area (Å²) in [6, 6.07) is 11.4. The summed E-state index contributed by atoms with van der Waals surface area (Å²) in [6.45, 7) is 7.97. The van der Waals surface area contributed by atoms with Crippen LogP contribution in [0.25, 0.3) is 10.8 Å². The molecule has 1 atom stereocenters. The smallest absolute Gasteiger partial charge is 0.272 e. The van der Waals surface area contributed by atoms with Gasteiger partial charge in [-0.15, -0.1) is 0 Å². The molecule has 3 saturated carbocycles. The van der Waals surface area contributed by atoms with E-state index in [4.69, 9.17) is 5.73 Å². The highest BCUT2D eigenvalue weighted by molar-refractivity contribution is 5.95. The fourth-order valence-corrected chi connectivity index (χ4v) is 9.19. The first-order valence-electron chi connectivity index (χ1n) is 19.0. The van der Waals surface area contributed by atoms with Gasteiger partial charge in [-0.2, -0.15) is 5.10 Å². The highest BCUT2D eigenvalue weighted by Gasteiger charge is 2.61. The number of aromatic amines is 1. The maximum absolute atomic E-state index is 15.0. The SMILES string of the molecule is N[C@@H](C(=O)N1CCN(CC2CCN(CC(=O)N3CCN(C(=O)c4cc(Cc5n[nH]c(=O)c6ccccc56)ccc4F)CC3)CC2)CC1)C12CC(C1)C2. The van der Waals surface area contributed by atoms with Crippen molar-refractivity contribution in [2.24, 2.45) is 23.0 Å². The highest BCUT2D eigenvalue weighted by atomic mass is 19.1. The maximum atomic E-state index is 15.0. The molecule has 0 radical (unpaired) electrons. The first kappa shape index (κ1) is 34.9. The predicted octanol–water partition coefficient (Wildman–Crippen LogP) is 1.92. The minimum Gasteiger partial charge on any atom is -0.339 e. The number of H-pyrrole nitrogens is 1. The molecule has 52 heavy (non-hydrogen) atoms. The lowest BCUT2D eigenvalue weighted by Gasteiger charge is -2.64. The average Bonchev–Trinajstić information content (AvgIpc) is 3.13. The minimum absolute atomic E-state index is 0.00611. The molecule has 3 aliphatic carbocycles. The van der Waals surface area contributed by atoms with Gasteiger partial charge in [0.05, 0.1) is 29.2 Å². The zero-order valence-electron chi connectivity index (χ0n) is 29.8. The molecule has 276 valence electrons. The van der Waals surface area contributed by atoms with Gasteiger partial charge in [0.2, 0.25) is 11.8 Å². The molecular formula is C39H49FN8O4. The summed E-state index contributed by atoms with van der Waals surface area (Å²) in [5.74, 6) is 0.631. The summed E-state index contributed by atoms with van der Waals surface area (Å²) in [6.07, 6.45) is 5.83. The lowest BCUT2D eigenvalue weighted by Crippen LogP contribution is -2.67. The van der Waals surface area contributed by atoms with Crippen molar-refractivity contribution in [3.05, 3.63) is 75.5 Å². The molecule has 6 fully saturated rings. The number of piperidine rings is 1. The van der Waals surface area contributed by atoms with E-state index < -0.39 is 11.7 Å². The number of hydrogen-bond acceptors (Lipinski definition) is 8. The quantitative estimate of drug-likeness (QED) is 0.344. The van der Waals surface area contributed by atoms with Gasteiger partial charge >= 0.3 is 0 Å². The van der Waals surface area contributed by atoms with Crippen molar-refractivity contribution >= 4 is 28.5 Å². The molecule has 3 aromatic rings. The van der Waals surface area contributed by atoms with Gasteiger partial charge in [-0.1, -0.05) is 24.3 Å². The van der Waals surface area contributed by atoms with Crippen LogP contribution >= 0.6 is 0 Å². The molecule has 2 bridgehead atoms. The van der Waals surface area contributed by atoms with Crippen LogP contribution in [0.5, 0.6) is 0 Å². The molecule has 6 aliphatic rings. The Balaban J connectivity index is 0.765. The van der Waals surface area contributed by atoms with E-state index in [1.807, 2.05) is 21.9 Å². The van der Waals surface area contributed by atoms with Gasteiger partial charge in [-0.3, -0.25) is 29.0 Å². The number of nitrogens with one attached hydrogen (secondary N) is 1. The van der Waals surface area contributed by atoms with Crippen LogP contribution in [0.1, 0.15) is 53.7 Å². The van der Waals surface area contributed by atoms with Crippen LogP contribution < -0.4 is 11.3 Å². The average molecular weight is 713 g/mol. The molecule has 3 aliphatic heterocycles. The first-order valence-corrected chi connectivity index (χ1v) is 19.0. The molecule has 13 heteroatoms. The highest BCUT2D eigenvalue weighted by Crippen LogP contribution is 2.65. The van der Waals surface area contributed by atoms with E-state index >= 15 is 0 Å². The minimum atomic E-state index is -0.591. The largest absolute Gasteiger partial charge is 0.339 e. The van der Waals surface area contributed by atoms with Crippen LogP contribution in [0.3, 0.4) is 0 Å². The zero-order valence-corrected chi connectivity index (χ0v) is 29.8. The van der Waals surface area contributed by atoms with Gasteiger partial charge < -0.3 is 20.4 Å². The monoisotopic (exact) mass is 712 g/mol. The predicted molar refractivity (Wildman–Crippen MR) is 194 cm³/mol. The summed E-state index contributed by atoms with van der Waals surface area (Å²) in [5.41, 5.74) is 7.60. The number of amides is 3. The number of rotatable bonds is 9. The lowest BCUT2D eigenvalue weighted by molar-refractivity contribution is -0.161. The van der Waals surface area contributed by atoms with E-state index in [2.05, 4.69) is 20.0 Å². The third-order valence-corrected chi connectivity index (χ3v) is 12.6. The van der Waals surface area contributed by atoms with E-state index in [1.54, 1.807) is 29.2 Å². The van der Waals surface area contributed by atoms with E-state index in [0.29, 0.717) is 67.1 Å². The third kappa shape index (κ3) is 6.85. The molecule has 2 aromatic carbocycles. The Kier molecular flexibility index (Phi) is 9.60. The molecule has 4 heterocycles. The van der Waals surface area contributed by atoms with E-state index in [0.717, 1.165) is 83.8 Å². The molecule has 1 aromatic heterocycles. The number of hydrogen-bond donors (Lipinski definition) is 2. The van der Waals surface area contributed by atoms with Crippen LogP contribution in [0.15, 0.2) is 47.3 Å². The molecule has 9 rings (SSSR count). The number of likely N-dealkylation sites (tertiary alicyclic amines) is 1. The normalized spacial score (nSPS) is 24.7. The Morgan fingerprint density at radius 1 is 0.846 bits per heavy atom. The van der Waals surface area contributed by atoms with E-state index in [9.17, 15) is 23.6 Å². The van der Waals surface area contributed by atoms with Crippen LogP contribution in [0.2, 0.25) is 0 Å². The van der Waals surface area contributed by atoms with Crippen molar-refractivity contribution in [3.8, 4) is 0 Å². The number of nitrogens with two attached hydrogens (primary N) is 1. The van der Waals surface area contributed by atoms with Gasteiger partial charge in [0.25, 0.3) is 11.5 Å². The third-order valence-electron chi connectivity index (χ3n) is 12.6. The lowest BCUT2D eigenvalue weighted by atomic mass is 9.42. The van der Waals surface area contributed by atoms with Crippen molar-refractivity contribution in [3.63, 3.8) is 0 Å². The van der Waals surface area contributed by atoms with Crippen molar-refractivity contribution < 1.29 is 18.8 Å². The van der Waals surface area contributed by atoms with Crippen LogP contribution in [-0.4, -0.2) is 137 Å². The summed E-state index contributed by atoms with van der Waals surface area (Å²) >= 11 is 0. The number of carbonyl (C=O) groups excluding carboxylic acids is 3. The van der Waals surface area contributed by atoms with Crippen LogP contribution in [0, 0.1) is 23.1 Å². The topological polar surface area (TPSA) is 139 Å². The zero-order chi connectivity index (χ0) is 36.0. The first-order chi connectivity index (χ1) is 25.2. The number of piperazine rings is 2. The summed E-state index contributed by atoms with van der Waals surface area (Å²) in [7, 11) is 0. The fraction of sp³-hybridized carbons (Fsp3) is 0.564.